The molecule has 0 fully saturated rings. The lowest BCUT2D eigenvalue weighted by molar-refractivity contribution is 0.768. The van der Waals surface area contributed by atoms with E-state index in [0.29, 0.717) is 0 Å². The smallest absolute Gasteiger partial charge is 0.0714 e. The third-order valence-corrected chi connectivity index (χ3v) is 13.1. The number of hydrogen-bond acceptors (Lipinski definition) is 1. The summed E-state index contributed by atoms with van der Waals surface area (Å²) in [4.78, 5) is 2.43. The number of fused-ring (bicyclic) bond motifs is 6. The number of anilines is 3. The Morgan fingerprint density at radius 2 is 0.825 bits per heavy atom. The van der Waals surface area contributed by atoms with Gasteiger partial charge in [-0.15, -0.1) is 0 Å². The van der Waals surface area contributed by atoms with Gasteiger partial charge in [0.05, 0.1) is 22.1 Å². The number of para-hydroxylation sites is 3. The van der Waals surface area contributed by atoms with Gasteiger partial charge < -0.3 is 9.47 Å². The van der Waals surface area contributed by atoms with Crippen LogP contribution >= 0.6 is 0 Å². The molecule has 0 bridgehead atoms. The highest BCUT2D eigenvalue weighted by Gasteiger charge is 2.46. The van der Waals surface area contributed by atoms with E-state index >= 15 is 0 Å². The van der Waals surface area contributed by atoms with Gasteiger partial charge in [-0.05, 0) is 98.6 Å². The Hall–Kier alpha value is -8.20. The first-order valence-electron chi connectivity index (χ1n) is 21.8. The van der Waals surface area contributed by atoms with Crippen molar-refractivity contribution >= 4 is 38.9 Å². The van der Waals surface area contributed by atoms with Gasteiger partial charge in [0.1, 0.15) is 0 Å². The summed E-state index contributed by atoms with van der Waals surface area (Å²) in [5.41, 5.74) is 18.6. The minimum absolute atomic E-state index is 0.557. The normalized spacial score (nSPS) is 14.1. The molecule has 10 aromatic carbocycles. The summed E-state index contributed by atoms with van der Waals surface area (Å²) in [6.07, 6.45) is 0. The maximum atomic E-state index is 2.46. The van der Waals surface area contributed by atoms with E-state index in [4.69, 9.17) is 0 Å². The second-order valence-corrected chi connectivity index (χ2v) is 16.4. The summed E-state index contributed by atoms with van der Waals surface area (Å²) in [5, 5.41) is 2.45. The molecule has 1 aliphatic carbocycles. The molecule has 1 heterocycles. The lowest BCUT2D eigenvalue weighted by atomic mass is 9.67. The van der Waals surface area contributed by atoms with Crippen molar-refractivity contribution in [3.63, 3.8) is 0 Å². The SMILES string of the molecule is c1ccc(-c2ccc(C3(c4ccccc4)c4ccccc4-c4ccc(N(c5ccccc5)c5ccc6c7ccccc7n(-c7ccccc7-c7ccccc7)c6c5)cc43)cc2)cc1. The zero-order chi connectivity index (χ0) is 41.7. The molecular weight excluding hydrogens is 761 g/mol. The van der Waals surface area contributed by atoms with Crippen molar-refractivity contribution in [1.29, 1.82) is 0 Å². The highest BCUT2D eigenvalue weighted by atomic mass is 15.1. The lowest BCUT2D eigenvalue weighted by Gasteiger charge is -2.35. The first kappa shape index (κ1) is 36.6. The average molecular weight is 803 g/mol. The summed E-state index contributed by atoms with van der Waals surface area (Å²) < 4.78 is 2.46. The van der Waals surface area contributed by atoms with E-state index in [-0.39, 0.29) is 0 Å². The topological polar surface area (TPSA) is 8.17 Å². The Bertz CT molecular complexity index is 3430. The molecule has 2 heteroatoms. The van der Waals surface area contributed by atoms with Crippen LogP contribution < -0.4 is 4.90 Å². The summed E-state index contributed by atoms with van der Waals surface area (Å²) in [6.45, 7) is 0. The van der Waals surface area contributed by atoms with Crippen molar-refractivity contribution in [2.45, 2.75) is 5.41 Å². The molecule has 0 radical (unpaired) electrons. The second kappa shape index (κ2) is 15.1. The van der Waals surface area contributed by atoms with Gasteiger partial charge >= 0.3 is 0 Å². The summed E-state index contributed by atoms with van der Waals surface area (Å²) in [5.74, 6) is 0. The van der Waals surface area contributed by atoms with E-state index in [1.807, 2.05) is 0 Å². The maximum Gasteiger partial charge on any atom is 0.0714 e. The first-order valence-corrected chi connectivity index (χ1v) is 21.8. The zero-order valence-corrected chi connectivity index (χ0v) is 34.6. The predicted molar refractivity (Wildman–Crippen MR) is 264 cm³/mol. The molecule has 1 aromatic heterocycles. The molecule has 12 rings (SSSR count). The van der Waals surface area contributed by atoms with Crippen LogP contribution in [0.3, 0.4) is 0 Å². The number of benzene rings is 10. The molecule has 0 N–H and O–H groups in total. The summed E-state index contributed by atoms with van der Waals surface area (Å²) >= 11 is 0. The van der Waals surface area contributed by atoms with Crippen molar-refractivity contribution in [2.75, 3.05) is 4.90 Å². The third-order valence-electron chi connectivity index (χ3n) is 13.1. The van der Waals surface area contributed by atoms with Crippen LogP contribution in [0, 0.1) is 0 Å². The molecule has 0 saturated heterocycles. The van der Waals surface area contributed by atoms with E-state index in [2.05, 4.69) is 264 Å². The highest BCUT2D eigenvalue weighted by molar-refractivity contribution is 6.11. The van der Waals surface area contributed by atoms with Gasteiger partial charge in [0.2, 0.25) is 0 Å². The fraction of sp³-hybridized carbons (Fsp3) is 0.0164. The molecule has 1 atom stereocenters. The quantitative estimate of drug-likeness (QED) is 0.149. The monoisotopic (exact) mass is 802 g/mol. The minimum Gasteiger partial charge on any atom is -0.310 e. The van der Waals surface area contributed by atoms with Gasteiger partial charge in [0, 0.05) is 33.4 Å². The van der Waals surface area contributed by atoms with E-state index in [9.17, 15) is 0 Å². The second-order valence-electron chi connectivity index (χ2n) is 16.4. The standard InChI is InChI=1S/C61H42N2/c1-5-19-43(20-6-1)44-33-35-47(36-34-44)61(46-23-9-3-10-24-46)56-30-16-13-28-52(56)53-39-37-49(41-57(53)61)62(48-25-11-4-12-26-48)50-38-40-55-54-29-15-18-32-59(54)63(60(55)42-50)58-31-17-14-27-51(58)45-21-7-2-8-22-45/h1-42H. The van der Waals surface area contributed by atoms with Crippen molar-refractivity contribution in [3.8, 4) is 39.1 Å². The summed E-state index contributed by atoms with van der Waals surface area (Å²) in [6, 6.07) is 93.3. The van der Waals surface area contributed by atoms with Crippen molar-refractivity contribution in [3.05, 3.63) is 277 Å². The fourth-order valence-corrected chi connectivity index (χ4v) is 10.3. The van der Waals surface area contributed by atoms with E-state index in [1.165, 1.54) is 71.9 Å². The Balaban J connectivity index is 1.09. The molecule has 1 aliphatic rings. The van der Waals surface area contributed by atoms with E-state index in [0.717, 1.165) is 28.3 Å². The average Bonchev–Trinajstić information content (AvgIpc) is 3.85. The van der Waals surface area contributed by atoms with Gasteiger partial charge in [-0.1, -0.05) is 206 Å². The van der Waals surface area contributed by atoms with Crippen LogP contribution in [0.1, 0.15) is 22.3 Å². The van der Waals surface area contributed by atoms with Crippen molar-refractivity contribution < 1.29 is 0 Å². The van der Waals surface area contributed by atoms with Crippen LogP contribution in [0.25, 0.3) is 60.9 Å². The van der Waals surface area contributed by atoms with Gasteiger partial charge in [-0.2, -0.15) is 0 Å². The number of hydrogen-bond donors (Lipinski definition) is 0. The molecule has 0 spiro atoms. The van der Waals surface area contributed by atoms with Crippen LogP contribution in [0.4, 0.5) is 17.1 Å². The molecule has 0 amide bonds. The molecule has 296 valence electrons. The van der Waals surface area contributed by atoms with E-state index in [1.54, 1.807) is 0 Å². The lowest BCUT2D eigenvalue weighted by Crippen LogP contribution is -2.28. The Morgan fingerprint density at radius 3 is 1.59 bits per heavy atom. The van der Waals surface area contributed by atoms with Crippen LogP contribution in [0.5, 0.6) is 0 Å². The van der Waals surface area contributed by atoms with Crippen molar-refractivity contribution in [1.82, 2.24) is 4.57 Å². The minimum atomic E-state index is -0.557. The predicted octanol–water partition coefficient (Wildman–Crippen LogP) is 16.0. The van der Waals surface area contributed by atoms with Gasteiger partial charge in [-0.25, -0.2) is 0 Å². The van der Waals surface area contributed by atoms with Gasteiger partial charge in [0.25, 0.3) is 0 Å². The maximum absolute atomic E-state index is 2.46. The fourth-order valence-electron chi connectivity index (χ4n) is 10.3. The Labute approximate surface area is 368 Å². The molecule has 0 aliphatic heterocycles. The molecule has 0 saturated carbocycles. The molecule has 2 nitrogen and oxygen atoms in total. The highest BCUT2D eigenvalue weighted by Crippen LogP contribution is 2.57. The van der Waals surface area contributed by atoms with Crippen LogP contribution in [0.15, 0.2) is 255 Å². The zero-order valence-electron chi connectivity index (χ0n) is 34.6. The van der Waals surface area contributed by atoms with Crippen LogP contribution in [-0.4, -0.2) is 4.57 Å². The van der Waals surface area contributed by atoms with Crippen molar-refractivity contribution in [2.24, 2.45) is 0 Å². The van der Waals surface area contributed by atoms with Crippen LogP contribution in [0.2, 0.25) is 0 Å². The molecule has 63 heavy (non-hydrogen) atoms. The number of nitrogens with zero attached hydrogens (tertiary/aromatic N) is 2. The Morgan fingerprint density at radius 1 is 0.302 bits per heavy atom. The van der Waals surface area contributed by atoms with Crippen LogP contribution in [-0.2, 0) is 5.41 Å². The summed E-state index contributed by atoms with van der Waals surface area (Å²) in [7, 11) is 0. The number of aromatic nitrogens is 1. The molecular formula is C61H42N2. The molecule has 1 unspecified atom stereocenters. The molecule has 11 aromatic rings. The largest absolute Gasteiger partial charge is 0.310 e. The number of rotatable bonds is 8. The van der Waals surface area contributed by atoms with E-state index < -0.39 is 5.41 Å². The van der Waals surface area contributed by atoms with Gasteiger partial charge in [-0.3, -0.25) is 0 Å². The third kappa shape index (κ3) is 5.87. The van der Waals surface area contributed by atoms with Gasteiger partial charge in [0.15, 0.2) is 0 Å². The first-order chi connectivity index (χ1) is 31.3. The Kier molecular flexibility index (Phi) is 8.76.